The van der Waals surface area contributed by atoms with E-state index in [-0.39, 0.29) is 18.6 Å². The summed E-state index contributed by atoms with van der Waals surface area (Å²) >= 11 is 0. The van der Waals surface area contributed by atoms with E-state index < -0.39 is 0 Å². The van der Waals surface area contributed by atoms with Gasteiger partial charge < -0.3 is 10.4 Å². The van der Waals surface area contributed by atoms with Crippen molar-refractivity contribution in [1.29, 1.82) is 0 Å². The Hall–Kier alpha value is -1.39. The lowest BCUT2D eigenvalue weighted by atomic mass is 10.0. The number of nitrogens with one attached hydrogen (secondary N) is 1. The van der Waals surface area contributed by atoms with Crippen LogP contribution in [0.2, 0.25) is 0 Å². The van der Waals surface area contributed by atoms with Gasteiger partial charge in [0.2, 0.25) is 5.91 Å². The Balaban J connectivity index is 1.87. The van der Waals surface area contributed by atoms with Gasteiger partial charge in [-0.3, -0.25) is 9.69 Å². The molecular weight excluding hydrogens is 252 g/mol. The van der Waals surface area contributed by atoms with Crippen LogP contribution in [0.5, 0.6) is 0 Å². The summed E-state index contributed by atoms with van der Waals surface area (Å²) in [5, 5.41) is 12.3. The van der Waals surface area contributed by atoms with Crippen LogP contribution in [-0.2, 0) is 11.2 Å². The molecular formula is C16H24N2O2. The Morgan fingerprint density at radius 2 is 2.10 bits per heavy atom. The first-order chi connectivity index (χ1) is 9.72. The van der Waals surface area contributed by atoms with Gasteiger partial charge in [0.15, 0.2) is 0 Å². The Labute approximate surface area is 120 Å². The third-order valence-electron chi connectivity index (χ3n) is 3.95. The van der Waals surface area contributed by atoms with Gasteiger partial charge in [0.25, 0.3) is 0 Å². The quantitative estimate of drug-likeness (QED) is 0.865. The van der Waals surface area contributed by atoms with E-state index in [1.165, 1.54) is 5.56 Å². The Kier molecular flexibility index (Phi) is 5.56. The van der Waals surface area contributed by atoms with Crippen LogP contribution in [0.25, 0.3) is 0 Å². The number of hydrogen-bond donors (Lipinski definition) is 2. The zero-order chi connectivity index (χ0) is 14.4. The normalized spacial score (nSPS) is 19.8. The largest absolute Gasteiger partial charge is 0.395 e. The molecule has 110 valence electrons. The number of rotatable bonds is 5. The minimum absolute atomic E-state index is 0.00500. The maximum atomic E-state index is 12.1. The highest BCUT2D eigenvalue weighted by Gasteiger charge is 2.23. The fraction of sp³-hybridized carbons (Fsp3) is 0.562. The molecule has 0 aliphatic carbocycles. The zero-order valence-corrected chi connectivity index (χ0v) is 12.1. The van der Waals surface area contributed by atoms with Crippen molar-refractivity contribution in [2.24, 2.45) is 0 Å². The van der Waals surface area contributed by atoms with Gasteiger partial charge in [0.1, 0.15) is 0 Å². The zero-order valence-electron chi connectivity index (χ0n) is 12.1. The van der Waals surface area contributed by atoms with Crippen molar-refractivity contribution >= 4 is 11.6 Å². The van der Waals surface area contributed by atoms with E-state index in [0.29, 0.717) is 6.54 Å². The molecule has 0 radical (unpaired) electrons. The van der Waals surface area contributed by atoms with Crippen molar-refractivity contribution in [2.45, 2.75) is 38.6 Å². The third-order valence-corrected chi connectivity index (χ3v) is 3.95. The number of carbonyl (C=O) groups is 1. The third kappa shape index (κ3) is 4.05. The predicted octanol–water partition coefficient (Wildman–Crippen LogP) is 2.03. The first-order valence-electron chi connectivity index (χ1n) is 7.46. The van der Waals surface area contributed by atoms with Crippen LogP contribution in [0.15, 0.2) is 24.3 Å². The second-order valence-corrected chi connectivity index (χ2v) is 5.40. The van der Waals surface area contributed by atoms with Gasteiger partial charge in [-0.15, -0.1) is 0 Å². The Morgan fingerprint density at radius 1 is 1.35 bits per heavy atom. The molecule has 1 unspecified atom stereocenters. The molecule has 2 rings (SSSR count). The average molecular weight is 276 g/mol. The van der Waals surface area contributed by atoms with Crippen molar-refractivity contribution in [3.8, 4) is 0 Å². The lowest BCUT2D eigenvalue weighted by molar-refractivity contribution is -0.118. The lowest BCUT2D eigenvalue weighted by Crippen LogP contribution is -2.45. The fourth-order valence-electron chi connectivity index (χ4n) is 2.68. The maximum Gasteiger partial charge on any atom is 0.238 e. The molecule has 0 aromatic heterocycles. The number of aliphatic hydroxyl groups excluding tert-OH is 1. The van der Waals surface area contributed by atoms with Crippen LogP contribution in [0.4, 0.5) is 5.69 Å². The molecule has 0 bridgehead atoms. The van der Waals surface area contributed by atoms with Crippen LogP contribution in [0, 0.1) is 0 Å². The molecule has 2 N–H and O–H groups in total. The van der Waals surface area contributed by atoms with Gasteiger partial charge in [-0.05, 0) is 43.5 Å². The summed E-state index contributed by atoms with van der Waals surface area (Å²) in [5.74, 6) is -0.00500. The van der Waals surface area contributed by atoms with Gasteiger partial charge in [0, 0.05) is 11.7 Å². The summed E-state index contributed by atoms with van der Waals surface area (Å²) in [6.07, 6.45) is 4.23. The molecule has 4 nitrogen and oxygen atoms in total. The average Bonchev–Trinajstić information content (AvgIpc) is 2.48. The second-order valence-electron chi connectivity index (χ2n) is 5.40. The number of aryl methyl sites for hydroxylation is 1. The monoisotopic (exact) mass is 276 g/mol. The van der Waals surface area contributed by atoms with Crippen molar-refractivity contribution < 1.29 is 9.90 Å². The minimum Gasteiger partial charge on any atom is -0.395 e. The maximum absolute atomic E-state index is 12.1. The number of benzene rings is 1. The topological polar surface area (TPSA) is 52.6 Å². The van der Waals surface area contributed by atoms with E-state index in [1.807, 2.05) is 24.3 Å². The van der Waals surface area contributed by atoms with E-state index in [2.05, 4.69) is 17.1 Å². The SMILES string of the molecule is CCc1ccc(NC(=O)CN2CCCCC2CO)cc1. The molecule has 1 saturated heterocycles. The molecule has 1 amide bonds. The fourth-order valence-corrected chi connectivity index (χ4v) is 2.68. The van der Waals surface area contributed by atoms with Gasteiger partial charge in [0.05, 0.1) is 13.2 Å². The summed E-state index contributed by atoms with van der Waals surface area (Å²) in [6.45, 7) is 3.51. The van der Waals surface area contributed by atoms with Crippen molar-refractivity contribution in [2.75, 3.05) is 25.0 Å². The van der Waals surface area contributed by atoms with E-state index in [4.69, 9.17) is 0 Å². The summed E-state index contributed by atoms with van der Waals surface area (Å²) < 4.78 is 0. The second kappa shape index (κ2) is 7.41. The van der Waals surface area contributed by atoms with E-state index in [0.717, 1.165) is 37.9 Å². The lowest BCUT2D eigenvalue weighted by Gasteiger charge is -2.33. The molecule has 1 aromatic carbocycles. The molecule has 4 heteroatoms. The molecule has 0 saturated carbocycles. The summed E-state index contributed by atoms with van der Waals surface area (Å²) in [4.78, 5) is 14.1. The number of anilines is 1. The number of aliphatic hydroxyl groups is 1. The smallest absolute Gasteiger partial charge is 0.238 e. The highest BCUT2D eigenvalue weighted by molar-refractivity contribution is 5.92. The van der Waals surface area contributed by atoms with E-state index in [1.54, 1.807) is 0 Å². The first-order valence-corrected chi connectivity index (χ1v) is 7.46. The van der Waals surface area contributed by atoms with Crippen LogP contribution in [0.3, 0.4) is 0 Å². The molecule has 20 heavy (non-hydrogen) atoms. The van der Waals surface area contributed by atoms with Crippen molar-refractivity contribution in [3.05, 3.63) is 29.8 Å². The van der Waals surface area contributed by atoms with E-state index in [9.17, 15) is 9.90 Å². The first kappa shape index (κ1) is 15.0. The molecule has 1 aliphatic heterocycles. The van der Waals surface area contributed by atoms with Gasteiger partial charge in [-0.1, -0.05) is 25.5 Å². The van der Waals surface area contributed by atoms with Crippen molar-refractivity contribution in [3.63, 3.8) is 0 Å². The highest BCUT2D eigenvalue weighted by Crippen LogP contribution is 2.16. The molecule has 0 spiro atoms. The molecule has 1 aliphatic rings. The number of carbonyl (C=O) groups excluding carboxylic acids is 1. The number of likely N-dealkylation sites (tertiary alicyclic amines) is 1. The summed E-state index contributed by atoms with van der Waals surface area (Å²) in [6, 6.07) is 8.09. The summed E-state index contributed by atoms with van der Waals surface area (Å²) in [7, 11) is 0. The van der Waals surface area contributed by atoms with Crippen LogP contribution in [-0.4, -0.2) is 41.7 Å². The molecule has 1 aromatic rings. The molecule has 1 heterocycles. The Bertz CT molecular complexity index is 431. The van der Waals surface area contributed by atoms with Gasteiger partial charge in [-0.2, -0.15) is 0 Å². The molecule has 1 fully saturated rings. The number of amides is 1. The van der Waals surface area contributed by atoms with Crippen molar-refractivity contribution in [1.82, 2.24) is 4.90 Å². The highest BCUT2D eigenvalue weighted by atomic mass is 16.3. The number of nitrogens with zero attached hydrogens (tertiary/aromatic N) is 1. The van der Waals surface area contributed by atoms with Gasteiger partial charge in [-0.25, -0.2) is 0 Å². The van der Waals surface area contributed by atoms with Crippen LogP contribution < -0.4 is 5.32 Å². The minimum atomic E-state index is -0.00500. The Morgan fingerprint density at radius 3 is 2.75 bits per heavy atom. The number of piperidine rings is 1. The predicted molar refractivity (Wildman–Crippen MR) is 80.7 cm³/mol. The van der Waals surface area contributed by atoms with Gasteiger partial charge >= 0.3 is 0 Å². The van der Waals surface area contributed by atoms with Crippen LogP contribution >= 0.6 is 0 Å². The van der Waals surface area contributed by atoms with E-state index >= 15 is 0 Å². The van der Waals surface area contributed by atoms with Crippen LogP contribution in [0.1, 0.15) is 31.7 Å². The summed E-state index contributed by atoms with van der Waals surface area (Å²) in [5.41, 5.74) is 2.10. The molecule has 1 atom stereocenters. The standard InChI is InChI=1S/C16H24N2O2/c1-2-13-6-8-14(9-7-13)17-16(20)11-18-10-4-3-5-15(18)12-19/h6-9,15,19H,2-5,10-12H2,1H3,(H,17,20). The number of hydrogen-bond acceptors (Lipinski definition) is 3.